The van der Waals surface area contributed by atoms with Gasteiger partial charge in [0.05, 0.1) is 6.21 Å². The van der Waals surface area contributed by atoms with Gasteiger partial charge in [-0.05, 0) is 35.9 Å². The molecule has 0 saturated carbocycles. The Labute approximate surface area is 144 Å². The van der Waals surface area contributed by atoms with Gasteiger partial charge in [0.25, 0.3) is 11.8 Å². The Bertz CT molecular complexity index is 745. The van der Waals surface area contributed by atoms with Gasteiger partial charge in [0, 0.05) is 23.3 Å². The highest BCUT2D eigenvalue weighted by Crippen LogP contribution is 2.10. The normalized spacial score (nSPS) is 10.4. The summed E-state index contributed by atoms with van der Waals surface area (Å²) in [5.41, 5.74) is 1.77. The molecule has 0 fully saturated rings. The van der Waals surface area contributed by atoms with E-state index >= 15 is 0 Å². The lowest BCUT2D eigenvalue weighted by Crippen LogP contribution is -2.19. The summed E-state index contributed by atoms with van der Waals surface area (Å²) in [6.45, 7) is -0.242. The fourth-order valence-corrected chi connectivity index (χ4v) is 1.95. The van der Waals surface area contributed by atoms with E-state index in [0.29, 0.717) is 16.3 Å². The molecule has 2 aromatic rings. The van der Waals surface area contributed by atoms with Crippen molar-refractivity contribution in [2.24, 2.45) is 5.16 Å². The summed E-state index contributed by atoms with van der Waals surface area (Å²) in [5.74, 6) is -0.604. The minimum Gasteiger partial charge on any atom is -0.386 e. The molecule has 0 spiro atoms. The maximum Gasteiger partial charge on any atom is 0.265 e. The standard InChI is InChI=1S/C17H16ClN3O3/c1-19-17(23)13-3-2-4-15(9-13)21-16(22)11-24-20-10-12-5-7-14(18)8-6-12/h2-10H,11H2,1H3,(H,19,23)(H,21,22)/b20-10+. The van der Waals surface area contributed by atoms with E-state index in [0.717, 1.165) is 5.56 Å². The molecule has 0 bridgehead atoms. The second kappa shape index (κ2) is 8.69. The third-order valence-corrected chi connectivity index (χ3v) is 3.23. The van der Waals surface area contributed by atoms with Crippen molar-refractivity contribution in [1.82, 2.24) is 5.32 Å². The van der Waals surface area contributed by atoms with Gasteiger partial charge in [0.15, 0.2) is 6.61 Å². The predicted molar refractivity (Wildman–Crippen MR) is 93.5 cm³/mol. The Morgan fingerprint density at radius 2 is 1.96 bits per heavy atom. The van der Waals surface area contributed by atoms with Crippen molar-refractivity contribution in [3.05, 3.63) is 64.7 Å². The molecule has 0 aliphatic carbocycles. The van der Waals surface area contributed by atoms with E-state index in [-0.39, 0.29) is 18.4 Å². The van der Waals surface area contributed by atoms with Gasteiger partial charge in [-0.2, -0.15) is 0 Å². The van der Waals surface area contributed by atoms with Crippen molar-refractivity contribution >= 4 is 35.3 Å². The molecule has 0 heterocycles. The van der Waals surface area contributed by atoms with Crippen LogP contribution in [0.2, 0.25) is 5.02 Å². The molecule has 0 atom stereocenters. The number of carbonyl (C=O) groups is 2. The quantitative estimate of drug-likeness (QED) is 0.624. The number of hydrogen-bond acceptors (Lipinski definition) is 4. The third kappa shape index (κ3) is 5.40. The molecule has 7 heteroatoms. The maximum atomic E-state index is 11.8. The lowest BCUT2D eigenvalue weighted by Gasteiger charge is -2.06. The van der Waals surface area contributed by atoms with Crippen LogP contribution in [-0.2, 0) is 9.63 Å². The van der Waals surface area contributed by atoms with Crippen LogP contribution in [0.3, 0.4) is 0 Å². The molecule has 0 unspecified atom stereocenters. The smallest absolute Gasteiger partial charge is 0.265 e. The van der Waals surface area contributed by atoms with Gasteiger partial charge in [0.2, 0.25) is 0 Å². The zero-order valence-electron chi connectivity index (χ0n) is 13.0. The van der Waals surface area contributed by atoms with Crippen molar-refractivity contribution in [2.75, 3.05) is 19.0 Å². The molecule has 0 aliphatic rings. The van der Waals surface area contributed by atoms with Crippen LogP contribution in [0, 0.1) is 0 Å². The third-order valence-electron chi connectivity index (χ3n) is 2.98. The van der Waals surface area contributed by atoms with E-state index in [4.69, 9.17) is 16.4 Å². The van der Waals surface area contributed by atoms with Crippen molar-refractivity contribution < 1.29 is 14.4 Å². The Morgan fingerprint density at radius 3 is 2.67 bits per heavy atom. The minimum absolute atomic E-state index is 0.227. The number of anilines is 1. The molecule has 2 N–H and O–H groups in total. The average molecular weight is 346 g/mol. The van der Waals surface area contributed by atoms with E-state index in [1.807, 2.05) is 0 Å². The van der Waals surface area contributed by atoms with E-state index in [9.17, 15) is 9.59 Å². The highest BCUT2D eigenvalue weighted by atomic mass is 35.5. The van der Waals surface area contributed by atoms with E-state index in [1.165, 1.54) is 6.21 Å². The summed E-state index contributed by atoms with van der Waals surface area (Å²) in [4.78, 5) is 28.3. The van der Waals surface area contributed by atoms with E-state index < -0.39 is 0 Å². The molecular weight excluding hydrogens is 330 g/mol. The van der Waals surface area contributed by atoms with Crippen LogP contribution in [0.25, 0.3) is 0 Å². The van der Waals surface area contributed by atoms with Crippen molar-refractivity contribution in [3.8, 4) is 0 Å². The molecule has 2 amide bonds. The van der Waals surface area contributed by atoms with Crippen LogP contribution in [-0.4, -0.2) is 31.7 Å². The van der Waals surface area contributed by atoms with Crippen LogP contribution in [0.4, 0.5) is 5.69 Å². The Morgan fingerprint density at radius 1 is 1.21 bits per heavy atom. The van der Waals surface area contributed by atoms with Crippen LogP contribution in [0.1, 0.15) is 15.9 Å². The molecule has 0 saturated heterocycles. The number of hydrogen-bond donors (Lipinski definition) is 2. The fraction of sp³-hybridized carbons (Fsp3) is 0.118. The highest BCUT2D eigenvalue weighted by molar-refractivity contribution is 6.30. The topological polar surface area (TPSA) is 79.8 Å². The van der Waals surface area contributed by atoms with E-state index in [1.54, 1.807) is 55.6 Å². The largest absolute Gasteiger partial charge is 0.386 e. The SMILES string of the molecule is CNC(=O)c1cccc(NC(=O)CO/N=C/c2ccc(Cl)cc2)c1. The first-order valence-electron chi connectivity index (χ1n) is 7.11. The number of halogens is 1. The second-order valence-electron chi connectivity index (χ2n) is 4.77. The van der Waals surface area contributed by atoms with Crippen molar-refractivity contribution in [2.45, 2.75) is 0 Å². The Balaban J connectivity index is 1.83. The molecule has 24 heavy (non-hydrogen) atoms. The number of nitrogens with one attached hydrogen (secondary N) is 2. The first-order chi connectivity index (χ1) is 11.6. The fourth-order valence-electron chi connectivity index (χ4n) is 1.82. The molecular formula is C17H16ClN3O3. The lowest BCUT2D eigenvalue weighted by atomic mass is 10.2. The van der Waals surface area contributed by atoms with Gasteiger partial charge in [0.1, 0.15) is 0 Å². The summed E-state index contributed by atoms with van der Waals surface area (Å²) >= 11 is 5.78. The molecule has 6 nitrogen and oxygen atoms in total. The van der Waals surface area contributed by atoms with Crippen LogP contribution in [0.5, 0.6) is 0 Å². The molecule has 2 aromatic carbocycles. The summed E-state index contributed by atoms with van der Waals surface area (Å²) in [5, 5.41) is 9.50. The molecule has 0 aromatic heterocycles. The van der Waals surface area contributed by atoms with Crippen LogP contribution >= 0.6 is 11.6 Å². The van der Waals surface area contributed by atoms with Gasteiger partial charge in [-0.1, -0.05) is 35.0 Å². The molecule has 124 valence electrons. The summed E-state index contributed by atoms with van der Waals surface area (Å²) in [6.07, 6.45) is 1.48. The highest BCUT2D eigenvalue weighted by Gasteiger charge is 2.06. The van der Waals surface area contributed by atoms with E-state index in [2.05, 4.69) is 15.8 Å². The summed E-state index contributed by atoms with van der Waals surface area (Å²) < 4.78 is 0. The molecule has 0 radical (unpaired) electrons. The first-order valence-corrected chi connectivity index (χ1v) is 7.49. The van der Waals surface area contributed by atoms with Crippen LogP contribution in [0.15, 0.2) is 53.7 Å². The van der Waals surface area contributed by atoms with Crippen molar-refractivity contribution in [1.29, 1.82) is 0 Å². The zero-order valence-corrected chi connectivity index (χ0v) is 13.7. The number of rotatable bonds is 6. The predicted octanol–water partition coefficient (Wildman–Crippen LogP) is 2.69. The minimum atomic E-state index is -0.377. The van der Waals surface area contributed by atoms with Crippen LogP contribution < -0.4 is 10.6 Å². The molecule has 0 aliphatic heterocycles. The number of benzene rings is 2. The number of oxime groups is 1. The first kappa shape index (κ1) is 17.5. The van der Waals surface area contributed by atoms with Gasteiger partial charge < -0.3 is 15.5 Å². The average Bonchev–Trinajstić information content (AvgIpc) is 2.60. The Kier molecular flexibility index (Phi) is 6.33. The Hall–Kier alpha value is -2.86. The van der Waals surface area contributed by atoms with Gasteiger partial charge in [-0.15, -0.1) is 0 Å². The van der Waals surface area contributed by atoms with Gasteiger partial charge >= 0.3 is 0 Å². The number of carbonyl (C=O) groups excluding carboxylic acids is 2. The monoisotopic (exact) mass is 345 g/mol. The van der Waals surface area contributed by atoms with Gasteiger partial charge in [-0.25, -0.2) is 0 Å². The number of nitrogens with zero attached hydrogens (tertiary/aromatic N) is 1. The number of amides is 2. The second-order valence-corrected chi connectivity index (χ2v) is 5.20. The summed E-state index contributed by atoms with van der Waals surface area (Å²) in [6, 6.07) is 13.6. The van der Waals surface area contributed by atoms with Crippen molar-refractivity contribution in [3.63, 3.8) is 0 Å². The molecule has 2 rings (SSSR count). The zero-order chi connectivity index (χ0) is 17.4. The maximum absolute atomic E-state index is 11.8. The summed E-state index contributed by atoms with van der Waals surface area (Å²) in [7, 11) is 1.54. The lowest BCUT2D eigenvalue weighted by molar-refractivity contribution is -0.120. The van der Waals surface area contributed by atoms with Gasteiger partial charge in [-0.3, -0.25) is 9.59 Å².